The highest BCUT2D eigenvalue weighted by molar-refractivity contribution is 9.10. The molecule has 0 radical (unpaired) electrons. The minimum absolute atomic E-state index is 0.252. The largest absolute Gasteiger partial charge is 0.480 e. The number of hydrogen-bond donors (Lipinski definition) is 2. The second kappa shape index (κ2) is 6.44. The first-order chi connectivity index (χ1) is 9.93. The number of benzene rings is 1. The van der Waals surface area contributed by atoms with Crippen molar-refractivity contribution in [1.29, 1.82) is 0 Å². The highest BCUT2D eigenvalue weighted by Gasteiger charge is 2.40. The number of carboxylic acids is 1. The van der Waals surface area contributed by atoms with Crippen LogP contribution in [0, 0.1) is 6.92 Å². The number of nitrogens with zero attached hydrogens (tertiary/aromatic N) is 1. The van der Waals surface area contributed by atoms with Gasteiger partial charge in [-0.15, -0.1) is 0 Å². The van der Waals surface area contributed by atoms with Crippen molar-refractivity contribution < 1.29 is 19.4 Å². The zero-order chi connectivity index (χ0) is 15.6. The van der Waals surface area contributed by atoms with Crippen LogP contribution >= 0.6 is 15.9 Å². The maximum absolute atomic E-state index is 12.3. The van der Waals surface area contributed by atoms with E-state index >= 15 is 0 Å². The number of hydrogen-bond acceptors (Lipinski definition) is 3. The lowest BCUT2D eigenvalue weighted by atomic mass is 10.2. The van der Waals surface area contributed by atoms with Crippen LogP contribution in [0.25, 0.3) is 0 Å². The van der Waals surface area contributed by atoms with Gasteiger partial charge in [0.25, 0.3) is 0 Å². The molecule has 0 saturated carbocycles. The van der Waals surface area contributed by atoms with Crippen LogP contribution in [0.2, 0.25) is 0 Å². The Balaban J connectivity index is 2.15. The second-order valence-electron chi connectivity index (χ2n) is 4.97. The third-order valence-electron chi connectivity index (χ3n) is 3.58. The number of rotatable bonds is 3. The number of methoxy groups -OCH3 is 1. The van der Waals surface area contributed by atoms with Crippen molar-refractivity contribution in [3.63, 3.8) is 0 Å². The number of amides is 2. The number of aryl methyl sites for hydroxylation is 1. The number of ether oxygens (including phenoxy) is 1. The molecular formula is C14H17BrN2O4. The summed E-state index contributed by atoms with van der Waals surface area (Å²) in [5, 5.41) is 12.0. The maximum Gasteiger partial charge on any atom is 0.326 e. The molecule has 1 aliphatic rings. The van der Waals surface area contributed by atoms with E-state index in [9.17, 15) is 14.7 Å². The molecular weight excluding hydrogens is 340 g/mol. The van der Waals surface area contributed by atoms with Gasteiger partial charge in [-0.3, -0.25) is 0 Å². The molecule has 2 amide bonds. The van der Waals surface area contributed by atoms with Gasteiger partial charge >= 0.3 is 12.0 Å². The van der Waals surface area contributed by atoms with Gasteiger partial charge in [0, 0.05) is 24.5 Å². The van der Waals surface area contributed by atoms with E-state index in [-0.39, 0.29) is 12.6 Å². The minimum Gasteiger partial charge on any atom is -0.480 e. The smallest absolute Gasteiger partial charge is 0.326 e. The number of nitrogens with one attached hydrogen (secondary N) is 1. The molecule has 1 heterocycles. The van der Waals surface area contributed by atoms with Gasteiger partial charge < -0.3 is 20.1 Å². The first kappa shape index (κ1) is 15.8. The second-order valence-corrected chi connectivity index (χ2v) is 5.76. The first-order valence-corrected chi connectivity index (χ1v) is 7.31. The summed E-state index contributed by atoms with van der Waals surface area (Å²) >= 11 is 3.41. The molecule has 114 valence electrons. The Bertz CT molecular complexity index is 564. The molecule has 21 heavy (non-hydrogen) atoms. The van der Waals surface area contributed by atoms with E-state index in [0.717, 1.165) is 10.0 Å². The van der Waals surface area contributed by atoms with Gasteiger partial charge in [0.1, 0.15) is 6.04 Å². The highest BCUT2D eigenvalue weighted by Crippen LogP contribution is 2.27. The lowest BCUT2D eigenvalue weighted by Crippen LogP contribution is -2.43. The summed E-state index contributed by atoms with van der Waals surface area (Å²) in [6.07, 6.45) is 0.0478. The van der Waals surface area contributed by atoms with Gasteiger partial charge in [0.05, 0.1) is 11.8 Å². The molecule has 2 N–H and O–H groups in total. The molecule has 1 fully saturated rings. The number of likely N-dealkylation sites (tertiary alicyclic amines) is 1. The van der Waals surface area contributed by atoms with Crippen LogP contribution in [0.3, 0.4) is 0 Å². The van der Waals surface area contributed by atoms with Crippen molar-refractivity contribution in [1.82, 2.24) is 4.90 Å². The summed E-state index contributed by atoms with van der Waals surface area (Å²) in [5.74, 6) is -1.02. The van der Waals surface area contributed by atoms with Gasteiger partial charge in [-0.25, -0.2) is 9.59 Å². The average Bonchev–Trinajstić information content (AvgIpc) is 2.88. The van der Waals surface area contributed by atoms with Crippen molar-refractivity contribution in [3.05, 3.63) is 28.2 Å². The summed E-state index contributed by atoms with van der Waals surface area (Å²) in [6.45, 7) is 2.18. The number of anilines is 1. The molecule has 1 saturated heterocycles. The predicted molar refractivity (Wildman–Crippen MR) is 81.4 cm³/mol. The molecule has 1 aliphatic heterocycles. The molecule has 1 aromatic rings. The first-order valence-electron chi connectivity index (χ1n) is 6.52. The van der Waals surface area contributed by atoms with Crippen molar-refractivity contribution in [2.45, 2.75) is 25.5 Å². The topological polar surface area (TPSA) is 78.9 Å². The van der Waals surface area contributed by atoms with Crippen LogP contribution in [0.4, 0.5) is 10.5 Å². The van der Waals surface area contributed by atoms with Gasteiger partial charge in [-0.1, -0.05) is 12.1 Å². The van der Waals surface area contributed by atoms with E-state index in [4.69, 9.17) is 4.74 Å². The minimum atomic E-state index is -1.02. The van der Waals surface area contributed by atoms with Crippen molar-refractivity contribution in [3.8, 4) is 0 Å². The fourth-order valence-electron chi connectivity index (χ4n) is 2.36. The normalized spacial score (nSPS) is 21.4. The number of carbonyl (C=O) groups excluding carboxylic acids is 1. The Morgan fingerprint density at radius 1 is 1.48 bits per heavy atom. The number of halogens is 1. The molecule has 1 aromatic carbocycles. The molecule has 6 nitrogen and oxygen atoms in total. The van der Waals surface area contributed by atoms with E-state index in [0.29, 0.717) is 12.1 Å². The molecule has 2 unspecified atom stereocenters. The summed E-state index contributed by atoms with van der Waals surface area (Å²) in [6, 6.07) is 4.20. The fourth-order valence-corrected chi connectivity index (χ4v) is 2.72. The van der Waals surface area contributed by atoms with Crippen LogP contribution in [0.5, 0.6) is 0 Å². The summed E-state index contributed by atoms with van der Waals surface area (Å²) in [4.78, 5) is 24.9. The number of carbonyl (C=O) groups is 2. The lowest BCUT2D eigenvalue weighted by molar-refractivity contribution is -0.141. The van der Waals surface area contributed by atoms with Gasteiger partial charge in [0.2, 0.25) is 0 Å². The molecule has 0 spiro atoms. The van der Waals surface area contributed by atoms with Gasteiger partial charge in [0.15, 0.2) is 0 Å². The van der Waals surface area contributed by atoms with Crippen LogP contribution < -0.4 is 5.32 Å². The van der Waals surface area contributed by atoms with E-state index in [1.54, 1.807) is 6.07 Å². The van der Waals surface area contributed by atoms with E-state index < -0.39 is 18.0 Å². The quantitative estimate of drug-likeness (QED) is 0.871. The standard InChI is InChI=1S/C14H17BrN2O4/c1-8-4-3-5-10(12(8)15)16-14(20)17-7-9(21-2)6-11(17)13(18)19/h3-5,9,11H,6-7H2,1-2H3,(H,16,20)(H,18,19). The van der Waals surface area contributed by atoms with Crippen molar-refractivity contribution in [2.24, 2.45) is 0 Å². The fraction of sp³-hybridized carbons (Fsp3) is 0.429. The molecule has 0 aromatic heterocycles. The summed E-state index contributed by atoms with van der Waals surface area (Å²) in [5.41, 5.74) is 1.60. The summed E-state index contributed by atoms with van der Waals surface area (Å²) in [7, 11) is 1.52. The number of aliphatic carboxylic acids is 1. The monoisotopic (exact) mass is 356 g/mol. The Morgan fingerprint density at radius 3 is 2.81 bits per heavy atom. The van der Waals surface area contributed by atoms with Crippen molar-refractivity contribution in [2.75, 3.05) is 19.0 Å². The van der Waals surface area contributed by atoms with E-state index in [2.05, 4.69) is 21.2 Å². The van der Waals surface area contributed by atoms with Gasteiger partial charge in [-0.2, -0.15) is 0 Å². The molecule has 0 aliphatic carbocycles. The van der Waals surface area contributed by atoms with Crippen LogP contribution in [0.1, 0.15) is 12.0 Å². The molecule has 0 bridgehead atoms. The lowest BCUT2D eigenvalue weighted by Gasteiger charge is -2.22. The zero-order valence-electron chi connectivity index (χ0n) is 11.8. The highest BCUT2D eigenvalue weighted by atomic mass is 79.9. The number of urea groups is 1. The van der Waals surface area contributed by atoms with Crippen LogP contribution in [-0.2, 0) is 9.53 Å². The number of carboxylic acid groups (broad SMARTS) is 1. The Kier molecular flexibility index (Phi) is 4.84. The maximum atomic E-state index is 12.3. The third-order valence-corrected chi connectivity index (χ3v) is 4.63. The molecule has 7 heteroatoms. The Morgan fingerprint density at radius 2 is 2.19 bits per heavy atom. The Labute approximate surface area is 131 Å². The van der Waals surface area contributed by atoms with Gasteiger partial charge in [-0.05, 0) is 34.5 Å². The van der Waals surface area contributed by atoms with Crippen LogP contribution in [0.15, 0.2) is 22.7 Å². The van der Waals surface area contributed by atoms with Crippen molar-refractivity contribution >= 4 is 33.6 Å². The zero-order valence-corrected chi connectivity index (χ0v) is 13.4. The Hall–Kier alpha value is -1.60. The summed E-state index contributed by atoms with van der Waals surface area (Å²) < 4.78 is 5.96. The molecule has 2 atom stereocenters. The third kappa shape index (κ3) is 3.36. The predicted octanol–water partition coefficient (Wildman–Crippen LogP) is 2.46. The van der Waals surface area contributed by atoms with E-state index in [1.165, 1.54) is 12.0 Å². The molecule has 2 rings (SSSR count). The van der Waals surface area contributed by atoms with Crippen LogP contribution in [-0.4, -0.2) is 47.8 Å². The van der Waals surface area contributed by atoms with E-state index in [1.807, 2.05) is 19.1 Å². The average molecular weight is 357 g/mol. The SMILES string of the molecule is COC1CC(C(=O)O)N(C(=O)Nc2cccc(C)c2Br)C1.